The minimum Gasteiger partial charge on any atom is -0.356 e. The first-order valence-corrected chi connectivity index (χ1v) is 20.4. The van der Waals surface area contributed by atoms with Crippen LogP contribution in [-0.4, -0.2) is 47.1 Å². The van der Waals surface area contributed by atoms with Gasteiger partial charge in [-0.1, -0.05) is 104 Å². The number of rotatable bonds is 15. The fourth-order valence-corrected chi connectivity index (χ4v) is 7.64. The average molecular weight is 638 g/mol. The molecule has 218 valence electrons. The Morgan fingerprint density at radius 2 is 1.87 bits per heavy atom. The molecule has 4 nitrogen and oxygen atoms in total. The summed E-state index contributed by atoms with van der Waals surface area (Å²) >= 11 is 3.51. The van der Waals surface area contributed by atoms with Gasteiger partial charge in [-0.2, -0.15) is 0 Å². The summed E-state index contributed by atoms with van der Waals surface area (Å²) < 4.78 is 39.1. The smallest absolute Gasteiger partial charge is 0.179 e. The zero-order chi connectivity index (χ0) is 29.3. The number of ether oxygens (including phenoxy) is 2. The van der Waals surface area contributed by atoms with Crippen LogP contribution in [0.4, 0.5) is 0 Å². The Labute approximate surface area is 247 Å². The van der Waals surface area contributed by atoms with Crippen LogP contribution in [-0.2, 0) is 19.3 Å². The van der Waals surface area contributed by atoms with Crippen LogP contribution in [0.15, 0.2) is 82.3 Å². The lowest BCUT2D eigenvalue weighted by molar-refractivity contribution is -0.0624. The Morgan fingerprint density at radius 1 is 1.21 bits per heavy atom. The van der Waals surface area contributed by atoms with Crippen molar-refractivity contribution in [3.05, 3.63) is 77.4 Å². The van der Waals surface area contributed by atoms with Gasteiger partial charge in [0, 0.05) is 25.4 Å². The number of benzene rings is 1. The second kappa shape index (κ2) is 15.1. The molecular weight excluding hydrogens is 588 g/mol. The Hall–Kier alpha value is -1.25. The van der Waals surface area contributed by atoms with Gasteiger partial charge >= 0.3 is 0 Å². The quantitative estimate of drug-likeness (QED) is 0.0635. The van der Waals surface area contributed by atoms with Crippen LogP contribution in [0.5, 0.6) is 0 Å². The van der Waals surface area contributed by atoms with Gasteiger partial charge in [0.15, 0.2) is 9.84 Å². The molecule has 0 saturated carbocycles. The van der Waals surface area contributed by atoms with Gasteiger partial charge in [-0.3, -0.25) is 0 Å². The zero-order valence-corrected chi connectivity index (χ0v) is 28.5. The summed E-state index contributed by atoms with van der Waals surface area (Å²) in [6.45, 7) is 20.8. The maximum Gasteiger partial charge on any atom is 0.179 e. The van der Waals surface area contributed by atoms with Gasteiger partial charge < -0.3 is 9.47 Å². The van der Waals surface area contributed by atoms with Gasteiger partial charge in [-0.15, -0.1) is 0 Å². The molecule has 7 heteroatoms. The minimum atomic E-state index is -3.49. The molecule has 0 radical (unpaired) electrons. The number of alkyl halides is 1. The monoisotopic (exact) mass is 636 g/mol. The predicted molar refractivity (Wildman–Crippen MR) is 172 cm³/mol. The first kappa shape index (κ1) is 34.0. The van der Waals surface area contributed by atoms with Gasteiger partial charge in [-0.05, 0) is 68.4 Å². The molecule has 1 aliphatic rings. The van der Waals surface area contributed by atoms with E-state index in [0.29, 0.717) is 11.5 Å². The summed E-state index contributed by atoms with van der Waals surface area (Å²) in [5, 5.41) is 0.881. The molecule has 0 amide bonds. The van der Waals surface area contributed by atoms with Crippen LogP contribution < -0.4 is 0 Å². The molecule has 0 N–H and O–H groups in total. The van der Waals surface area contributed by atoms with Gasteiger partial charge in [0.05, 0.1) is 10.6 Å². The van der Waals surface area contributed by atoms with Crippen LogP contribution in [0, 0.1) is 11.3 Å². The maximum absolute atomic E-state index is 13.4. The normalized spacial score (nSPS) is 22.1. The van der Waals surface area contributed by atoms with Crippen molar-refractivity contribution in [1.29, 1.82) is 0 Å². The lowest BCUT2D eigenvalue weighted by Crippen LogP contribution is -2.39. The maximum atomic E-state index is 13.4. The largest absolute Gasteiger partial charge is 0.356 e. The van der Waals surface area contributed by atoms with E-state index in [4.69, 9.17) is 9.47 Å². The molecule has 0 fully saturated rings. The third-order valence-corrected chi connectivity index (χ3v) is 12.3. The molecular formula is C32H49BrO4SSi. The molecule has 0 heterocycles. The summed E-state index contributed by atoms with van der Waals surface area (Å²) in [6, 6.07) is 9.81. The van der Waals surface area contributed by atoms with E-state index < -0.39 is 23.3 Å². The highest BCUT2D eigenvalue weighted by Crippen LogP contribution is 2.47. The highest BCUT2D eigenvalue weighted by Gasteiger charge is 2.43. The molecule has 1 aliphatic carbocycles. The van der Waals surface area contributed by atoms with Gasteiger partial charge in [-0.25, -0.2) is 8.42 Å². The molecule has 1 unspecified atom stereocenters. The van der Waals surface area contributed by atoms with E-state index in [1.54, 1.807) is 24.3 Å². The fraction of sp³-hybridized carbons (Fsp3) is 0.562. The van der Waals surface area contributed by atoms with Crippen LogP contribution in [0.3, 0.4) is 0 Å². The van der Waals surface area contributed by atoms with E-state index >= 15 is 0 Å². The van der Waals surface area contributed by atoms with Crippen molar-refractivity contribution in [2.24, 2.45) is 11.3 Å². The summed E-state index contributed by atoms with van der Waals surface area (Å²) in [4.78, 5) is 0.355. The molecule has 0 spiro atoms. The van der Waals surface area contributed by atoms with E-state index in [-0.39, 0.29) is 24.6 Å². The predicted octanol–water partition coefficient (Wildman–Crippen LogP) is 8.75. The molecule has 0 aliphatic heterocycles. The second-order valence-electron chi connectivity index (χ2n) is 12.4. The van der Waals surface area contributed by atoms with Crippen LogP contribution in [0.2, 0.25) is 25.7 Å². The van der Waals surface area contributed by atoms with Crippen molar-refractivity contribution < 1.29 is 17.9 Å². The van der Waals surface area contributed by atoms with Gasteiger partial charge in [0.25, 0.3) is 0 Å². The van der Waals surface area contributed by atoms with E-state index in [1.807, 2.05) is 13.0 Å². The highest BCUT2D eigenvalue weighted by molar-refractivity contribution is 9.09. The van der Waals surface area contributed by atoms with E-state index in [9.17, 15) is 8.42 Å². The number of allylic oxidation sites excluding steroid dienone is 4. The molecule has 1 aromatic carbocycles. The van der Waals surface area contributed by atoms with Crippen molar-refractivity contribution in [1.82, 2.24) is 0 Å². The molecule has 0 bridgehead atoms. The summed E-state index contributed by atoms with van der Waals surface area (Å²) in [6.07, 6.45) is 8.93. The lowest BCUT2D eigenvalue weighted by atomic mass is 9.66. The number of halogens is 1. The Bertz CT molecular complexity index is 1150. The number of sulfone groups is 1. The first-order chi connectivity index (χ1) is 18.2. The van der Waals surface area contributed by atoms with Crippen LogP contribution in [0.25, 0.3) is 0 Å². The lowest BCUT2D eigenvalue weighted by Gasteiger charge is -2.42. The Balaban J connectivity index is 2.29. The summed E-state index contributed by atoms with van der Waals surface area (Å²) in [7, 11) is -4.69. The highest BCUT2D eigenvalue weighted by atomic mass is 79.9. The SMILES string of the molecule is C=C1C(C(/C=C(\C)CC/C=C(\C)CBr)OCOCC[Si](C)(C)C)=CC[C@@H](C)[C@]1(C)CS(=O)(=O)c1ccccc1. The van der Waals surface area contributed by atoms with E-state index in [0.717, 1.165) is 41.8 Å². The second-order valence-corrected chi connectivity index (χ2v) is 20.6. The summed E-state index contributed by atoms with van der Waals surface area (Å²) in [5.74, 6) is 0.142. The third kappa shape index (κ3) is 10.6. The molecule has 3 atom stereocenters. The first-order valence-electron chi connectivity index (χ1n) is 14.0. The fourth-order valence-electron chi connectivity index (χ4n) is 4.67. The van der Waals surface area contributed by atoms with Gasteiger partial charge in [0.1, 0.15) is 12.9 Å². The zero-order valence-electron chi connectivity index (χ0n) is 25.1. The Morgan fingerprint density at radius 3 is 2.49 bits per heavy atom. The molecule has 1 aromatic rings. The molecule has 39 heavy (non-hydrogen) atoms. The van der Waals surface area contributed by atoms with Crippen LogP contribution in [0.1, 0.15) is 47.0 Å². The van der Waals surface area contributed by atoms with Gasteiger partial charge in [0.2, 0.25) is 0 Å². The van der Waals surface area contributed by atoms with Crippen molar-refractivity contribution in [3.8, 4) is 0 Å². The molecule has 0 aromatic heterocycles. The third-order valence-electron chi connectivity index (χ3n) is 7.72. The topological polar surface area (TPSA) is 52.6 Å². The number of hydrogen-bond donors (Lipinski definition) is 0. The van der Waals surface area contributed by atoms with Crippen LogP contribution >= 0.6 is 15.9 Å². The van der Waals surface area contributed by atoms with Crippen molar-refractivity contribution >= 4 is 33.8 Å². The van der Waals surface area contributed by atoms with E-state index in [1.165, 1.54) is 11.1 Å². The van der Waals surface area contributed by atoms with Crippen molar-refractivity contribution in [2.45, 2.75) is 83.6 Å². The average Bonchev–Trinajstić information content (AvgIpc) is 2.86. The van der Waals surface area contributed by atoms with E-state index in [2.05, 4.69) is 81.1 Å². The van der Waals surface area contributed by atoms with Crippen molar-refractivity contribution in [3.63, 3.8) is 0 Å². The number of hydrogen-bond acceptors (Lipinski definition) is 4. The summed E-state index contributed by atoms with van der Waals surface area (Å²) in [5.41, 5.74) is 3.74. The Kier molecular flexibility index (Phi) is 13.2. The molecule has 2 rings (SSSR count). The molecule has 0 saturated heterocycles. The minimum absolute atomic E-state index is 0.0140. The standard InChI is InChI=1S/C32H49BrO4SSi/c1-25(13-12-14-26(2)22-33)21-31(37-24-36-19-20-39(6,7)8)30-18-17-27(3)32(5,28(30)4)23-38(34,35)29-15-10-9-11-16-29/h9-11,14-16,18,21,27,31H,4,12-13,17,19-20,22-24H2,1-3,5-8H3/b25-21+,26-14+/t27-,31?,32+/m1/s1. The van der Waals surface area contributed by atoms with Crippen molar-refractivity contribution in [2.75, 3.05) is 24.5 Å².